The lowest BCUT2D eigenvalue weighted by molar-refractivity contribution is -0.128. The Kier molecular flexibility index (Phi) is 6.62. The van der Waals surface area contributed by atoms with Crippen LogP contribution in [0.2, 0.25) is 0 Å². The van der Waals surface area contributed by atoms with Gasteiger partial charge >= 0.3 is 0 Å². The third-order valence-electron chi connectivity index (χ3n) is 5.10. The van der Waals surface area contributed by atoms with Gasteiger partial charge in [-0.05, 0) is 51.0 Å². The van der Waals surface area contributed by atoms with E-state index in [-0.39, 0.29) is 11.8 Å². The number of amidine groups is 1. The van der Waals surface area contributed by atoms with Crippen LogP contribution in [0.15, 0.2) is 35.3 Å². The zero-order valence-electron chi connectivity index (χ0n) is 15.7. The van der Waals surface area contributed by atoms with Crippen molar-refractivity contribution in [3.8, 4) is 0 Å². The van der Waals surface area contributed by atoms with Crippen molar-refractivity contribution in [3.05, 3.63) is 30.3 Å². The Labute approximate surface area is 161 Å². The van der Waals surface area contributed by atoms with Gasteiger partial charge in [0, 0.05) is 18.9 Å². The van der Waals surface area contributed by atoms with E-state index in [1.54, 1.807) is 0 Å². The maximum Gasteiger partial charge on any atom is 0.179 e. The number of rotatable bonds is 7. The molecule has 142 valence electrons. The first-order valence-electron chi connectivity index (χ1n) is 9.65. The molecule has 0 atom stereocenters. The quantitative estimate of drug-likeness (QED) is 0.579. The smallest absolute Gasteiger partial charge is 0.179 e. The van der Waals surface area contributed by atoms with Gasteiger partial charge in [0.25, 0.3) is 0 Å². The van der Waals surface area contributed by atoms with Crippen molar-refractivity contribution in [1.82, 2.24) is 5.32 Å². The molecule has 2 fully saturated rings. The molecular weight excluding hydrogens is 346 g/mol. The molecule has 0 unspecified atom stereocenters. The normalized spacial score (nSPS) is 21.0. The maximum absolute atomic E-state index is 5.71. The first-order valence-corrected chi connectivity index (χ1v) is 10.1. The van der Waals surface area contributed by atoms with Crippen LogP contribution in [0.1, 0.15) is 46.0 Å². The fraction of sp³-hybridized carbons (Fsp3) is 0.600. The van der Waals surface area contributed by atoms with Gasteiger partial charge in [0.05, 0.1) is 6.54 Å². The third kappa shape index (κ3) is 3.92. The van der Waals surface area contributed by atoms with Gasteiger partial charge in [-0.25, -0.2) is 0 Å². The van der Waals surface area contributed by atoms with Gasteiger partial charge < -0.3 is 19.7 Å². The van der Waals surface area contributed by atoms with Crippen LogP contribution in [0.25, 0.3) is 0 Å². The highest BCUT2D eigenvalue weighted by Gasteiger charge is 2.50. The number of hydrogen-bond donors (Lipinski definition) is 1. The van der Waals surface area contributed by atoms with E-state index in [4.69, 9.17) is 26.7 Å². The molecule has 2 aliphatic rings. The minimum absolute atomic E-state index is 0.167. The monoisotopic (exact) mass is 375 g/mol. The van der Waals surface area contributed by atoms with Gasteiger partial charge in [-0.1, -0.05) is 37.5 Å². The highest BCUT2D eigenvalue weighted by molar-refractivity contribution is 7.80. The van der Waals surface area contributed by atoms with E-state index < -0.39 is 0 Å². The number of nitrogens with zero attached hydrogens (tertiary/aromatic N) is 2. The number of anilines is 1. The molecule has 1 aromatic rings. The average Bonchev–Trinajstić information content (AvgIpc) is 2.92. The second-order valence-corrected chi connectivity index (χ2v) is 7.11. The van der Waals surface area contributed by atoms with Gasteiger partial charge in [-0.15, -0.1) is 0 Å². The van der Waals surface area contributed by atoms with Gasteiger partial charge in [0.15, 0.2) is 11.4 Å². The zero-order valence-corrected chi connectivity index (χ0v) is 16.6. The standard InChI is InChI=1S/C20H29N3O2S/c1-3-24-17(25-4-2)15-21-18-20(13-9-6-10-14-20)23(19(26)22-18)16-11-7-5-8-12-16/h5,7-8,11-12,17H,3-4,6,9-10,13-15H2,1-2H3,(H,21,22,26). The SMILES string of the molecule is CCOC(CN=C1NC(=S)N(c2ccccc2)C12CCCCC2)OCC. The van der Waals surface area contributed by atoms with E-state index in [0.717, 1.165) is 29.5 Å². The van der Waals surface area contributed by atoms with Crippen LogP contribution in [0.5, 0.6) is 0 Å². The summed E-state index contributed by atoms with van der Waals surface area (Å²) in [7, 11) is 0. The molecule has 1 aromatic carbocycles. The molecule has 3 rings (SSSR count). The predicted molar refractivity (Wildman–Crippen MR) is 110 cm³/mol. The number of hydrogen-bond acceptors (Lipinski definition) is 4. The van der Waals surface area contributed by atoms with Gasteiger partial charge in [0.2, 0.25) is 0 Å². The van der Waals surface area contributed by atoms with E-state index in [1.807, 2.05) is 19.9 Å². The molecule has 1 aliphatic heterocycles. The highest BCUT2D eigenvalue weighted by atomic mass is 32.1. The Hall–Kier alpha value is -1.50. The number of benzene rings is 1. The van der Waals surface area contributed by atoms with E-state index in [0.29, 0.717) is 19.8 Å². The van der Waals surface area contributed by atoms with Crippen molar-refractivity contribution in [2.45, 2.75) is 57.8 Å². The van der Waals surface area contributed by atoms with Crippen molar-refractivity contribution >= 4 is 28.9 Å². The molecule has 1 spiro atoms. The Morgan fingerprint density at radius 3 is 2.38 bits per heavy atom. The lowest BCUT2D eigenvalue weighted by Gasteiger charge is -2.41. The molecule has 1 heterocycles. The van der Waals surface area contributed by atoms with E-state index in [2.05, 4.69) is 34.5 Å². The van der Waals surface area contributed by atoms with Gasteiger partial charge in [-0.3, -0.25) is 4.99 Å². The summed E-state index contributed by atoms with van der Waals surface area (Å²) in [4.78, 5) is 7.16. The molecule has 1 saturated carbocycles. The molecule has 0 amide bonds. The fourth-order valence-electron chi connectivity index (χ4n) is 3.99. The highest BCUT2D eigenvalue weighted by Crippen LogP contribution is 2.40. The summed E-state index contributed by atoms with van der Waals surface area (Å²) in [6, 6.07) is 10.4. The molecule has 1 aliphatic carbocycles. The summed E-state index contributed by atoms with van der Waals surface area (Å²) in [5.74, 6) is 0.968. The summed E-state index contributed by atoms with van der Waals surface area (Å²) in [5.41, 5.74) is 0.961. The maximum atomic E-state index is 5.71. The number of ether oxygens (including phenoxy) is 2. The second-order valence-electron chi connectivity index (χ2n) is 6.72. The summed E-state index contributed by atoms with van der Waals surface area (Å²) in [6.07, 6.45) is 5.45. The summed E-state index contributed by atoms with van der Waals surface area (Å²) < 4.78 is 11.3. The minimum atomic E-state index is -0.306. The molecule has 1 saturated heterocycles. The largest absolute Gasteiger partial charge is 0.351 e. The van der Waals surface area contributed by atoms with Crippen LogP contribution in [-0.4, -0.2) is 42.5 Å². The van der Waals surface area contributed by atoms with Crippen molar-refractivity contribution in [3.63, 3.8) is 0 Å². The van der Waals surface area contributed by atoms with E-state index >= 15 is 0 Å². The van der Waals surface area contributed by atoms with Crippen LogP contribution in [0.3, 0.4) is 0 Å². The molecule has 0 bridgehead atoms. The van der Waals surface area contributed by atoms with Crippen LogP contribution < -0.4 is 10.2 Å². The van der Waals surface area contributed by atoms with Gasteiger partial charge in [-0.2, -0.15) is 0 Å². The van der Waals surface area contributed by atoms with Crippen LogP contribution in [0.4, 0.5) is 5.69 Å². The first-order chi connectivity index (χ1) is 12.7. The Morgan fingerprint density at radius 2 is 1.77 bits per heavy atom. The molecule has 0 aromatic heterocycles. The van der Waals surface area contributed by atoms with Crippen LogP contribution in [0, 0.1) is 0 Å². The lowest BCUT2D eigenvalue weighted by Crippen LogP contribution is -2.51. The van der Waals surface area contributed by atoms with Crippen molar-refractivity contribution in [2.24, 2.45) is 4.99 Å². The Morgan fingerprint density at radius 1 is 1.12 bits per heavy atom. The molecular formula is C20H29N3O2S. The number of aliphatic imine (C=N–C) groups is 1. The number of para-hydroxylation sites is 1. The molecule has 5 nitrogen and oxygen atoms in total. The number of thiocarbonyl (C=S) groups is 1. The zero-order chi connectivity index (χ0) is 18.4. The Balaban J connectivity index is 1.89. The molecule has 1 N–H and O–H groups in total. The van der Waals surface area contributed by atoms with Crippen molar-refractivity contribution < 1.29 is 9.47 Å². The van der Waals surface area contributed by atoms with E-state index in [1.165, 1.54) is 19.3 Å². The predicted octanol–water partition coefficient (Wildman–Crippen LogP) is 3.88. The van der Waals surface area contributed by atoms with Crippen LogP contribution >= 0.6 is 12.2 Å². The number of nitrogens with one attached hydrogen (secondary N) is 1. The molecule has 26 heavy (non-hydrogen) atoms. The first kappa shape index (κ1) is 19.3. The van der Waals surface area contributed by atoms with E-state index in [9.17, 15) is 0 Å². The Bertz CT molecular complexity index is 623. The fourth-order valence-corrected chi connectivity index (χ4v) is 4.37. The molecule has 6 heteroatoms. The van der Waals surface area contributed by atoms with Gasteiger partial charge in [0.1, 0.15) is 11.4 Å². The lowest BCUT2D eigenvalue weighted by atomic mass is 9.80. The summed E-state index contributed by atoms with van der Waals surface area (Å²) >= 11 is 5.71. The summed E-state index contributed by atoms with van der Waals surface area (Å²) in [6.45, 7) is 5.66. The minimum Gasteiger partial charge on any atom is -0.351 e. The van der Waals surface area contributed by atoms with Crippen LogP contribution in [-0.2, 0) is 9.47 Å². The second kappa shape index (κ2) is 8.93. The van der Waals surface area contributed by atoms with Crippen molar-refractivity contribution in [2.75, 3.05) is 24.7 Å². The topological polar surface area (TPSA) is 46.1 Å². The van der Waals surface area contributed by atoms with Crippen molar-refractivity contribution in [1.29, 1.82) is 0 Å². The average molecular weight is 376 g/mol. The summed E-state index contributed by atoms with van der Waals surface area (Å²) in [5, 5.41) is 4.14. The molecule has 0 radical (unpaired) electrons. The third-order valence-corrected chi connectivity index (χ3v) is 5.38.